The average Bonchev–Trinajstić information content (AvgIpc) is 2.78. The predicted molar refractivity (Wildman–Crippen MR) is 111 cm³/mol. The Hall–Kier alpha value is -2.87. The van der Waals surface area contributed by atoms with E-state index in [4.69, 9.17) is 0 Å². The van der Waals surface area contributed by atoms with Crippen molar-refractivity contribution in [3.8, 4) is 5.75 Å². The third-order valence-electron chi connectivity index (χ3n) is 4.75. The summed E-state index contributed by atoms with van der Waals surface area (Å²) in [5.74, 6) is -0.192. The van der Waals surface area contributed by atoms with E-state index >= 15 is 0 Å². The fourth-order valence-corrected chi connectivity index (χ4v) is 4.60. The molecule has 180 valence electrons. The second kappa shape index (κ2) is 10.8. The molecule has 0 radical (unpaired) electrons. The highest BCUT2D eigenvalue weighted by atomic mass is 32.2. The highest BCUT2D eigenvalue weighted by Gasteiger charge is 2.30. The molecule has 2 aromatic heterocycles. The lowest BCUT2D eigenvalue weighted by atomic mass is 10.2. The van der Waals surface area contributed by atoms with E-state index in [1.807, 2.05) is 0 Å². The van der Waals surface area contributed by atoms with Crippen LogP contribution in [0.15, 0.2) is 30.9 Å². The first-order valence-electron chi connectivity index (χ1n) is 10.1. The van der Waals surface area contributed by atoms with Crippen LogP contribution >= 0.6 is 0 Å². The Bertz CT molecular complexity index is 1010. The number of piperazine rings is 1. The molecular formula is C19H23F3N6O4S. The number of hydrogen-bond acceptors (Lipinski definition) is 9. The molecule has 14 heteroatoms. The number of sulfonamides is 1. The van der Waals surface area contributed by atoms with E-state index in [2.05, 4.69) is 24.7 Å². The number of aromatic nitrogens is 4. The van der Waals surface area contributed by atoms with E-state index in [-0.39, 0.29) is 50.1 Å². The van der Waals surface area contributed by atoms with Crippen LogP contribution in [0.4, 0.5) is 19.1 Å². The Morgan fingerprint density at radius 2 is 1.67 bits per heavy atom. The summed E-state index contributed by atoms with van der Waals surface area (Å²) in [6.07, 6.45) is 2.10. The molecule has 10 nitrogen and oxygen atoms in total. The third-order valence-corrected chi connectivity index (χ3v) is 6.59. The minimum atomic E-state index is -4.46. The Labute approximate surface area is 188 Å². The van der Waals surface area contributed by atoms with Crippen LogP contribution in [0.2, 0.25) is 0 Å². The van der Waals surface area contributed by atoms with E-state index in [1.54, 1.807) is 23.4 Å². The second-order valence-corrected chi connectivity index (χ2v) is 9.29. The van der Waals surface area contributed by atoms with Gasteiger partial charge in [-0.05, 0) is 12.5 Å². The minimum Gasteiger partial charge on any atom is -0.481 e. The monoisotopic (exact) mass is 488 g/mol. The summed E-state index contributed by atoms with van der Waals surface area (Å²) in [6.45, 7) is -0.597. The minimum absolute atomic E-state index is 0.116. The number of ketones is 1. The van der Waals surface area contributed by atoms with Crippen LogP contribution < -0.4 is 9.64 Å². The molecule has 0 N–H and O–H groups in total. The summed E-state index contributed by atoms with van der Waals surface area (Å²) in [4.78, 5) is 30.0. The topological polar surface area (TPSA) is 118 Å². The van der Waals surface area contributed by atoms with Gasteiger partial charge >= 0.3 is 6.18 Å². The van der Waals surface area contributed by atoms with Crippen molar-refractivity contribution in [2.45, 2.75) is 25.4 Å². The number of anilines is 1. The van der Waals surface area contributed by atoms with Crippen molar-refractivity contribution in [2.75, 3.05) is 43.4 Å². The predicted octanol–water partition coefficient (Wildman–Crippen LogP) is 1.25. The molecule has 3 heterocycles. The molecule has 0 unspecified atom stereocenters. The van der Waals surface area contributed by atoms with E-state index in [1.165, 1.54) is 4.31 Å². The number of Topliss-reactive ketones (excluding diaryl/α,β-unsaturated/α-hetero) is 1. The van der Waals surface area contributed by atoms with Crippen molar-refractivity contribution < 1.29 is 31.1 Å². The molecule has 1 saturated heterocycles. The molecule has 0 amide bonds. The molecule has 1 fully saturated rings. The van der Waals surface area contributed by atoms with Crippen molar-refractivity contribution in [1.29, 1.82) is 0 Å². The van der Waals surface area contributed by atoms with Gasteiger partial charge in [-0.3, -0.25) is 4.79 Å². The van der Waals surface area contributed by atoms with Crippen LogP contribution in [0.3, 0.4) is 0 Å². The van der Waals surface area contributed by atoms with E-state index in [9.17, 15) is 26.4 Å². The molecule has 0 bridgehead atoms. The van der Waals surface area contributed by atoms with Crippen molar-refractivity contribution in [1.82, 2.24) is 24.2 Å². The number of carbonyl (C=O) groups excluding carboxylic acids is 1. The third kappa shape index (κ3) is 7.89. The summed E-state index contributed by atoms with van der Waals surface area (Å²) < 4.78 is 67.6. The summed E-state index contributed by atoms with van der Waals surface area (Å²) in [6, 6.07) is 1.69. The molecule has 0 aliphatic carbocycles. The number of ether oxygens (including phenoxy) is 1. The lowest BCUT2D eigenvalue weighted by Crippen LogP contribution is -2.50. The van der Waals surface area contributed by atoms with Gasteiger partial charge in [0.1, 0.15) is 17.4 Å². The van der Waals surface area contributed by atoms with Gasteiger partial charge in [0, 0.05) is 51.4 Å². The van der Waals surface area contributed by atoms with Crippen LogP contribution in [0.1, 0.15) is 18.7 Å². The van der Waals surface area contributed by atoms with Crippen molar-refractivity contribution in [3.63, 3.8) is 0 Å². The molecule has 33 heavy (non-hydrogen) atoms. The van der Waals surface area contributed by atoms with Gasteiger partial charge in [0.15, 0.2) is 12.4 Å². The molecule has 0 atom stereocenters. The highest BCUT2D eigenvalue weighted by molar-refractivity contribution is 7.89. The zero-order chi connectivity index (χ0) is 23.9. The maximum absolute atomic E-state index is 12.6. The molecule has 1 aliphatic rings. The number of aryl methyl sites for hydroxylation is 1. The van der Waals surface area contributed by atoms with Gasteiger partial charge in [-0.1, -0.05) is 0 Å². The smallest absolute Gasteiger partial charge is 0.422 e. The number of nitrogens with zero attached hydrogens (tertiary/aromatic N) is 6. The van der Waals surface area contributed by atoms with Crippen LogP contribution in [-0.4, -0.2) is 83.2 Å². The van der Waals surface area contributed by atoms with Crippen LogP contribution in [0, 0.1) is 0 Å². The second-order valence-electron chi connectivity index (χ2n) is 7.32. The first-order chi connectivity index (χ1) is 15.6. The van der Waals surface area contributed by atoms with Gasteiger partial charge in [-0.15, -0.1) is 0 Å². The van der Waals surface area contributed by atoms with Gasteiger partial charge in [-0.25, -0.2) is 28.4 Å². The van der Waals surface area contributed by atoms with Crippen molar-refractivity contribution in [3.05, 3.63) is 36.7 Å². The molecule has 0 spiro atoms. The quantitative estimate of drug-likeness (QED) is 0.487. The molecular weight excluding hydrogens is 465 g/mol. The molecule has 1 aliphatic heterocycles. The number of rotatable bonds is 10. The van der Waals surface area contributed by atoms with Gasteiger partial charge in [0.2, 0.25) is 16.0 Å². The lowest BCUT2D eigenvalue weighted by molar-refractivity contribution is -0.153. The maximum atomic E-state index is 12.6. The fraction of sp³-hybridized carbons (Fsp3) is 0.526. The first-order valence-corrected chi connectivity index (χ1v) is 11.8. The van der Waals surface area contributed by atoms with Gasteiger partial charge in [0.05, 0.1) is 12.4 Å². The molecule has 2 aromatic rings. The zero-order valence-electron chi connectivity index (χ0n) is 17.6. The molecule has 0 aromatic carbocycles. The largest absolute Gasteiger partial charge is 0.481 e. The fourth-order valence-electron chi connectivity index (χ4n) is 3.15. The van der Waals surface area contributed by atoms with Gasteiger partial charge in [-0.2, -0.15) is 17.5 Å². The SMILES string of the molecule is O=C(CCCc1ncccn1)CS(=O)(=O)N1CCN(c2ncc(OCC(F)(F)F)cn2)CC1. The highest BCUT2D eigenvalue weighted by Crippen LogP contribution is 2.19. The van der Waals surface area contributed by atoms with Crippen LogP contribution in [-0.2, 0) is 21.2 Å². The Balaban J connectivity index is 1.43. The maximum Gasteiger partial charge on any atom is 0.422 e. The summed E-state index contributed by atoms with van der Waals surface area (Å²) in [5.41, 5.74) is 0. The normalized spacial score (nSPS) is 15.4. The van der Waals surface area contributed by atoms with E-state index < -0.39 is 28.6 Å². The Morgan fingerprint density at radius 3 is 2.27 bits per heavy atom. The number of alkyl halides is 3. The Morgan fingerprint density at radius 1 is 1.03 bits per heavy atom. The van der Waals surface area contributed by atoms with Crippen LogP contribution in [0.5, 0.6) is 5.75 Å². The standard InChI is InChI=1S/C19H23F3N6O4S/c20-19(21,22)14-32-16-11-25-18(26-12-16)27-7-9-28(10-8-27)33(30,31)13-15(29)3-1-4-17-23-5-2-6-24-17/h2,5-6,11-12H,1,3-4,7-10,13-14H2. The summed E-state index contributed by atoms with van der Waals surface area (Å²) in [7, 11) is -3.75. The molecule has 0 saturated carbocycles. The number of carbonyl (C=O) groups is 1. The summed E-state index contributed by atoms with van der Waals surface area (Å²) >= 11 is 0. The van der Waals surface area contributed by atoms with Crippen molar-refractivity contribution in [2.24, 2.45) is 0 Å². The first kappa shape index (κ1) is 24.8. The van der Waals surface area contributed by atoms with E-state index in [0.717, 1.165) is 12.4 Å². The van der Waals surface area contributed by atoms with E-state index in [0.29, 0.717) is 18.7 Å². The average molecular weight is 488 g/mol. The lowest BCUT2D eigenvalue weighted by Gasteiger charge is -2.33. The summed E-state index contributed by atoms with van der Waals surface area (Å²) in [5, 5.41) is 0. The number of hydrogen-bond donors (Lipinski definition) is 0. The number of halogens is 3. The zero-order valence-corrected chi connectivity index (χ0v) is 18.4. The molecule has 3 rings (SSSR count). The Kier molecular flexibility index (Phi) is 8.13. The van der Waals surface area contributed by atoms with Gasteiger partial charge < -0.3 is 9.64 Å². The van der Waals surface area contributed by atoms with Crippen molar-refractivity contribution >= 4 is 21.8 Å². The van der Waals surface area contributed by atoms with Crippen LogP contribution in [0.25, 0.3) is 0 Å². The van der Waals surface area contributed by atoms with Gasteiger partial charge in [0.25, 0.3) is 0 Å².